The number of imide groups is 1. The highest BCUT2D eigenvalue weighted by Crippen LogP contribution is 2.40. The Morgan fingerprint density at radius 3 is 2.67 bits per heavy atom. The minimum absolute atomic E-state index is 0.0558. The summed E-state index contributed by atoms with van der Waals surface area (Å²) in [6.45, 7) is 3.40. The van der Waals surface area contributed by atoms with Gasteiger partial charge >= 0.3 is 6.03 Å². The van der Waals surface area contributed by atoms with Gasteiger partial charge in [-0.3, -0.25) is 14.5 Å². The Hall–Kier alpha value is -1.63. The third-order valence-corrected chi connectivity index (χ3v) is 3.79. The average Bonchev–Trinajstić information content (AvgIpc) is 2.60. The van der Waals surface area contributed by atoms with Crippen molar-refractivity contribution in [2.24, 2.45) is 5.41 Å². The molecule has 2 rings (SSSR count). The Labute approximate surface area is 105 Å². The summed E-state index contributed by atoms with van der Waals surface area (Å²) in [6.07, 6.45) is 0.0679. The van der Waals surface area contributed by atoms with Crippen LogP contribution in [0.15, 0.2) is 0 Å². The summed E-state index contributed by atoms with van der Waals surface area (Å²) < 4.78 is 0. The molecule has 1 aliphatic heterocycles. The molecule has 2 unspecified atom stereocenters. The zero-order chi connectivity index (χ0) is 13.5. The van der Waals surface area contributed by atoms with Crippen molar-refractivity contribution >= 4 is 17.8 Å². The zero-order valence-electron chi connectivity index (χ0n) is 10.4. The van der Waals surface area contributed by atoms with Crippen molar-refractivity contribution in [3.63, 3.8) is 0 Å². The van der Waals surface area contributed by atoms with E-state index < -0.39 is 18.0 Å². The molecule has 2 aliphatic rings. The fourth-order valence-corrected chi connectivity index (χ4v) is 2.15. The molecule has 1 heterocycles. The molecule has 18 heavy (non-hydrogen) atoms. The fourth-order valence-electron chi connectivity index (χ4n) is 2.15. The molecular formula is C11H17N3O4. The van der Waals surface area contributed by atoms with Gasteiger partial charge in [0.1, 0.15) is 6.54 Å². The number of hydrogen-bond acceptors (Lipinski definition) is 4. The van der Waals surface area contributed by atoms with E-state index in [0.717, 1.165) is 4.90 Å². The van der Waals surface area contributed by atoms with Crippen LogP contribution in [0.5, 0.6) is 0 Å². The first-order valence-corrected chi connectivity index (χ1v) is 5.88. The van der Waals surface area contributed by atoms with Gasteiger partial charge in [0.15, 0.2) is 0 Å². The van der Waals surface area contributed by atoms with Crippen molar-refractivity contribution in [1.29, 1.82) is 0 Å². The summed E-state index contributed by atoms with van der Waals surface area (Å²) in [4.78, 5) is 35.1. The Balaban J connectivity index is 1.87. The predicted octanol–water partition coefficient (Wildman–Crippen LogP) is -1.19. The zero-order valence-corrected chi connectivity index (χ0v) is 10.4. The van der Waals surface area contributed by atoms with Crippen LogP contribution >= 0.6 is 0 Å². The maximum Gasteiger partial charge on any atom is 0.325 e. The summed E-state index contributed by atoms with van der Waals surface area (Å²) in [5.74, 6) is -0.784. The lowest BCUT2D eigenvalue weighted by molar-refractivity contribution is -0.134. The van der Waals surface area contributed by atoms with Crippen LogP contribution in [-0.2, 0) is 9.59 Å². The lowest BCUT2D eigenvalue weighted by atomic mass is 9.64. The van der Waals surface area contributed by atoms with Gasteiger partial charge in [-0.05, 0) is 6.42 Å². The highest BCUT2D eigenvalue weighted by Gasteiger charge is 2.48. The Kier molecular flexibility index (Phi) is 3.02. The van der Waals surface area contributed by atoms with Gasteiger partial charge in [-0.2, -0.15) is 0 Å². The van der Waals surface area contributed by atoms with Gasteiger partial charge in [-0.15, -0.1) is 0 Å². The third-order valence-electron chi connectivity index (χ3n) is 3.79. The number of rotatable bonds is 3. The van der Waals surface area contributed by atoms with Crippen molar-refractivity contribution in [3.05, 3.63) is 0 Å². The summed E-state index contributed by atoms with van der Waals surface area (Å²) >= 11 is 0. The predicted molar refractivity (Wildman–Crippen MR) is 61.4 cm³/mol. The lowest BCUT2D eigenvalue weighted by Crippen LogP contribution is -2.62. The molecule has 0 bridgehead atoms. The maximum atomic E-state index is 11.7. The SMILES string of the molecule is CC1(C)C(O)CC1NC(=O)CN1C(=O)CNC1=O. The molecule has 0 aromatic rings. The fraction of sp³-hybridized carbons (Fsp3) is 0.727. The van der Waals surface area contributed by atoms with Crippen LogP contribution in [0.1, 0.15) is 20.3 Å². The van der Waals surface area contributed by atoms with Gasteiger partial charge in [0, 0.05) is 11.5 Å². The smallest absolute Gasteiger partial charge is 0.325 e. The normalized spacial score (nSPS) is 29.8. The number of aliphatic hydroxyl groups is 1. The monoisotopic (exact) mass is 255 g/mol. The van der Waals surface area contributed by atoms with Gasteiger partial charge in [-0.25, -0.2) is 4.79 Å². The summed E-state index contributed by atoms with van der Waals surface area (Å²) in [7, 11) is 0. The van der Waals surface area contributed by atoms with E-state index in [4.69, 9.17) is 0 Å². The number of nitrogens with zero attached hydrogens (tertiary/aromatic N) is 1. The summed E-state index contributed by atoms with van der Waals surface area (Å²) in [5.41, 5.74) is -0.368. The molecule has 4 amide bonds. The van der Waals surface area contributed by atoms with Gasteiger partial charge in [0.25, 0.3) is 5.91 Å². The molecule has 3 N–H and O–H groups in total. The van der Waals surface area contributed by atoms with Crippen molar-refractivity contribution in [2.45, 2.75) is 32.4 Å². The molecule has 7 nitrogen and oxygen atoms in total. The highest BCUT2D eigenvalue weighted by atomic mass is 16.3. The first-order valence-electron chi connectivity index (χ1n) is 5.88. The number of hydrogen-bond donors (Lipinski definition) is 3. The van der Waals surface area contributed by atoms with Gasteiger partial charge < -0.3 is 15.7 Å². The topological polar surface area (TPSA) is 98.7 Å². The second-order valence-corrected chi connectivity index (χ2v) is 5.33. The molecule has 0 aromatic heterocycles. The third kappa shape index (κ3) is 2.05. The van der Waals surface area contributed by atoms with Crippen LogP contribution in [0.3, 0.4) is 0 Å². The largest absolute Gasteiger partial charge is 0.392 e. The molecule has 0 radical (unpaired) electrons. The lowest BCUT2D eigenvalue weighted by Gasteiger charge is -2.49. The van der Waals surface area contributed by atoms with Crippen molar-refractivity contribution in [2.75, 3.05) is 13.1 Å². The van der Waals surface area contributed by atoms with E-state index in [1.54, 1.807) is 0 Å². The molecule has 7 heteroatoms. The summed E-state index contributed by atoms with van der Waals surface area (Å²) in [6, 6.07) is -0.663. The minimum atomic E-state index is -0.539. The second-order valence-electron chi connectivity index (χ2n) is 5.33. The van der Waals surface area contributed by atoms with E-state index in [-0.39, 0.29) is 30.5 Å². The molecular weight excluding hydrogens is 238 g/mol. The highest BCUT2D eigenvalue weighted by molar-refractivity contribution is 6.04. The van der Waals surface area contributed by atoms with Gasteiger partial charge in [0.05, 0.1) is 12.6 Å². The van der Waals surface area contributed by atoms with Crippen LogP contribution in [-0.4, -0.2) is 53.1 Å². The molecule has 1 saturated carbocycles. The van der Waals surface area contributed by atoms with Crippen LogP contribution in [0, 0.1) is 5.41 Å². The van der Waals surface area contributed by atoms with Crippen molar-refractivity contribution < 1.29 is 19.5 Å². The van der Waals surface area contributed by atoms with Crippen molar-refractivity contribution in [3.8, 4) is 0 Å². The Morgan fingerprint density at radius 1 is 1.56 bits per heavy atom. The molecule has 2 atom stereocenters. The first-order chi connectivity index (χ1) is 8.32. The van der Waals surface area contributed by atoms with Gasteiger partial charge in [0.2, 0.25) is 5.91 Å². The number of urea groups is 1. The summed E-state index contributed by atoms with van der Waals surface area (Å²) in [5, 5.41) is 14.6. The number of amides is 4. The van der Waals surface area contributed by atoms with E-state index in [9.17, 15) is 19.5 Å². The molecule has 1 saturated heterocycles. The molecule has 2 fully saturated rings. The Bertz CT molecular complexity index is 391. The second kappa shape index (κ2) is 4.24. The number of carbonyl (C=O) groups excluding carboxylic acids is 3. The van der Waals surface area contributed by atoms with E-state index in [1.807, 2.05) is 13.8 Å². The van der Waals surface area contributed by atoms with E-state index in [0.29, 0.717) is 6.42 Å². The van der Waals surface area contributed by atoms with Gasteiger partial charge in [-0.1, -0.05) is 13.8 Å². The number of nitrogens with one attached hydrogen (secondary N) is 2. The molecule has 1 aliphatic carbocycles. The van der Waals surface area contributed by atoms with Crippen LogP contribution in [0.2, 0.25) is 0 Å². The standard InChI is InChI=1S/C11H17N3O4/c1-11(2)6(3-7(11)15)13-8(16)5-14-9(17)4-12-10(14)18/h6-7,15H,3-5H2,1-2H3,(H,12,18)(H,13,16). The maximum absolute atomic E-state index is 11.7. The van der Waals surface area contributed by atoms with E-state index in [1.165, 1.54) is 0 Å². The van der Waals surface area contributed by atoms with E-state index >= 15 is 0 Å². The minimum Gasteiger partial charge on any atom is -0.392 e. The van der Waals surface area contributed by atoms with E-state index in [2.05, 4.69) is 10.6 Å². The molecule has 100 valence electrons. The number of carbonyl (C=O) groups is 3. The quantitative estimate of drug-likeness (QED) is 0.552. The average molecular weight is 255 g/mol. The van der Waals surface area contributed by atoms with Crippen LogP contribution in [0.25, 0.3) is 0 Å². The van der Waals surface area contributed by atoms with Crippen molar-refractivity contribution in [1.82, 2.24) is 15.5 Å². The first kappa shape index (κ1) is 12.8. The molecule has 0 aromatic carbocycles. The Morgan fingerprint density at radius 2 is 2.22 bits per heavy atom. The molecule has 0 spiro atoms. The van der Waals surface area contributed by atoms with Crippen LogP contribution in [0.4, 0.5) is 4.79 Å². The van der Waals surface area contributed by atoms with Crippen LogP contribution < -0.4 is 10.6 Å². The number of aliphatic hydroxyl groups excluding tert-OH is 1.